The van der Waals surface area contributed by atoms with Crippen molar-refractivity contribution in [3.63, 3.8) is 0 Å². The van der Waals surface area contributed by atoms with Crippen molar-refractivity contribution < 1.29 is 8.42 Å². The second-order valence-corrected chi connectivity index (χ2v) is 6.56. The maximum absolute atomic E-state index is 12.2. The van der Waals surface area contributed by atoms with E-state index < -0.39 is 10.0 Å². The molecule has 5 nitrogen and oxygen atoms in total. The molecule has 0 aliphatic carbocycles. The molecule has 0 saturated carbocycles. The molecule has 0 fully saturated rings. The molecule has 0 atom stereocenters. The summed E-state index contributed by atoms with van der Waals surface area (Å²) in [6.07, 6.45) is 1.41. The number of benzene rings is 1. The van der Waals surface area contributed by atoms with Gasteiger partial charge in [-0.05, 0) is 58.7 Å². The maximum Gasteiger partial charge on any atom is 0.261 e. The number of hydrogen-bond acceptors (Lipinski definition) is 4. The summed E-state index contributed by atoms with van der Waals surface area (Å²) in [6, 6.07) is 9.60. The van der Waals surface area contributed by atoms with Gasteiger partial charge in [-0.2, -0.15) is 5.26 Å². The lowest BCUT2D eigenvalue weighted by atomic mass is 10.1. The highest BCUT2D eigenvalue weighted by Gasteiger charge is 2.15. The van der Waals surface area contributed by atoms with Gasteiger partial charge in [0.25, 0.3) is 10.0 Å². The number of nitriles is 1. The molecule has 1 aromatic carbocycles. The molecule has 102 valence electrons. The van der Waals surface area contributed by atoms with Gasteiger partial charge < -0.3 is 0 Å². The fourth-order valence-electron chi connectivity index (χ4n) is 1.58. The zero-order chi connectivity index (χ0) is 14.8. The summed E-state index contributed by atoms with van der Waals surface area (Å²) in [5.41, 5.74) is 1.44. The number of pyridine rings is 1. The van der Waals surface area contributed by atoms with E-state index in [1.165, 1.54) is 24.4 Å². The number of aryl methyl sites for hydroxylation is 1. The first kappa shape index (κ1) is 14.5. The van der Waals surface area contributed by atoms with Crippen molar-refractivity contribution in [2.24, 2.45) is 0 Å². The molecule has 0 unspecified atom stereocenters. The Morgan fingerprint density at radius 2 is 2.05 bits per heavy atom. The van der Waals surface area contributed by atoms with E-state index in [4.69, 9.17) is 5.26 Å². The van der Waals surface area contributed by atoms with E-state index in [0.717, 1.165) is 0 Å². The maximum atomic E-state index is 12.2. The minimum Gasteiger partial charge on any atom is -0.278 e. The van der Waals surface area contributed by atoms with Gasteiger partial charge in [0.05, 0.1) is 28.4 Å². The standard InChI is InChI=1S/C13H10BrN3O2S/c1-9-6-12(4-2-10(9)7-15)20(18,19)17-11-3-5-13(14)16-8-11/h2-6,8,17H,1H3. The molecule has 0 spiro atoms. The first-order valence-corrected chi connectivity index (χ1v) is 7.85. The number of rotatable bonds is 3. The van der Waals surface area contributed by atoms with Crippen molar-refractivity contribution >= 4 is 31.6 Å². The zero-order valence-corrected chi connectivity index (χ0v) is 12.9. The zero-order valence-electron chi connectivity index (χ0n) is 10.5. The fourth-order valence-corrected chi connectivity index (χ4v) is 2.94. The molecule has 20 heavy (non-hydrogen) atoms. The summed E-state index contributed by atoms with van der Waals surface area (Å²) in [6.45, 7) is 1.69. The predicted molar refractivity (Wildman–Crippen MR) is 78.6 cm³/mol. The van der Waals surface area contributed by atoms with Crippen LogP contribution in [-0.2, 0) is 10.0 Å². The van der Waals surface area contributed by atoms with Gasteiger partial charge in [-0.15, -0.1) is 0 Å². The summed E-state index contributed by atoms with van der Waals surface area (Å²) in [5.74, 6) is 0. The van der Waals surface area contributed by atoms with Crippen LogP contribution < -0.4 is 4.72 Å². The van der Waals surface area contributed by atoms with Crippen molar-refractivity contribution in [2.75, 3.05) is 4.72 Å². The van der Waals surface area contributed by atoms with Gasteiger partial charge >= 0.3 is 0 Å². The monoisotopic (exact) mass is 351 g/mol. The van der Waals surface area contributed by atoms with Crippen molar-refractivity contribution in [1.82, 2.24) is 4.98 Å². The van der Waals surface area contributed by atoms with Gasteiger partial charge in [0.2, 0.25) is 0 Å². The summed E-state index contributed by atoms with van der Waals surface area (Å²) >= 11 is 3.18. The summed E-state index contributed by atoms with van der Waals surface area (Å²) < 4.78 is 27.5. The molecule has 0 radical (unpaired) electrons. The van der Waals surface area contributed by atoms with Crippen molar-refractivity contribution in [3.8, 4) is 6.07 Å². The highest BCUT2D eigenvalue weighted by Crippen LogP contribution is 2.19. The highest BCUT2D eigenvalue weighted by atomic mass is 79.9. The Kier molecular flexibility index (Phi) is 4.06. The Balaban J connectivity index is 2.33. The molecule has 0 aliphatic heterocycles. The first-order valence-electron chi connectivity index (χ1n) is 5.57. The average molecular weight is 352 g/mol. The largest absolute Gasteiger partial charge is 0.278 e. The van der Waals surface area contributed by atoms with Crippen molar-refractivity contribution in [2.45, 2.75) is 11.8 Å². The van der Waals surface area contributed by atoms with Crippen LogP contribution in [0.5, 0.6) is 0 Å². The lowest BCUT2D eigenvalue weighted by Gasteiger charge is -2.09. The van der Waals surface area contributed by atoms with E-state index in [2.05, 4.69) is 25.6 Å². The molecule has 0 aliphatic rings. The molecule has 0 amide bonds. The van der Waals surface area contributed by atoms with E-state index in [-0.39, 0.29) is 4.90 Å². The number of aromatic nitrogens is 1. The van der Waals surface area contributed by atoms with Crippen molar-refractivity contribution in [1.29, 1.82) is 5.26 Å². The molecule has 7 heteroatoms. The molecule has 0 saturated heterocycles. The van der Waals surface area contributed by atoms with E-state index in [1.807, 2.05) is 6.07 Å². The highest BCUT2D eigenvalue weighted by molar-refractivity contribution is 9.10. The predicted octanol–water partition coefficient (Wildman–Crippen LogP) is 2.83. The first-order chi connectivity index (χ1) is 9.42. The van der Waals surface area contributed by atoms with Gasteiger partial charge in [0.15, 0.2) is 0 Å². The number of nitrogens with one attached hydrogen (secondary N) is 1. The van der Waals surface area contributed by atoms with Crippen LogP contribution in [0, 0.1) is 18.3 Å². The lowest BCUT2D eigenvalue weighted by molar-refractivity contribution is 0.601. The van der Waals surface area contributed by atoms with Crippen LogP contribution in [0.3, 0.4) is 0 Å². The van der Waals surface area contributed by atoms with Crippen LogP contribution in [-0.4, -0.2) is 13.4 Å². The van der Waals surface area contributed by atoms with Gasteiger partial charge in [-0.1, -0.05) is 0 Å². The molecule has 1 aromatic heterocycles. The second kappa shape index (κ2) is 5.61. The molecule has 1 N–H and O–H groups in total. The molecule has 0 bridgehead atoms. The second-order valence-electron chi connectivity index (χ2n) is 4.06. The van der Waals surface area contributed by atoms with Gasteiger partial charge in [-0.3, -0.25) is 4.72 Å². The Labute approximate surface area is 125 Å². The quantitative estimate of drug-likeness (QED) is 0.861. The summed E-state index contributed by atoms with van der Waals surface area (Å²) in [4.78, 5) is 4.06. The smallest absolute Gasteiger partial charge is 0.261 e. The SMILES string of the molecule is Cc1cc(S(=O)(=O)Nc2ccc(Br)nc2)ccc1C#N. The van der Waals surface area contributed by atoms with E-state index in [0.29, 0.717) is 21.4 Å². The number of nitrogens with zero attached hydrogens (tertiary/aromatic N) is 2. The van der Waals surface area contributed by atoms with Crippen LogP contribution in [0.15, 0.2) is 46.0 Å². The lowest BCUT2D eigenvalue weighted by Crippen LogP contribution is -2.13. The minimum absolute atomic E-state index is 0.108. The van der Waals surface area contributed by atoms with Crippen LogP contribution >= 0.6 is 15.9 Å². The molecular formula is C13H10BrN3O2S. The number of sulfonamides is 1. The number of halogens is 1. The van der Waals surface area contributed by atoms with Gasteiger partial charge in [0, 0.05) is 0 Å². The van der Waals surface area contributed by atoms with E-state index in [9.17, 15) is 8.42 Å². The molecule has 1 heterocycles. The average Bonchev–Trinajstić information content (AvgIpc) is 2.41. The topological polar surface area (TPSA) is 82.8 Å². The molecular weight excluding hydrogens is 342 g/mol. The van der Waals surface area contributed by atoms with E-state index in [1.54, 1.807) is 19.1 Å². The molecule has 2 rings (SSSR count). The van der Waals surface area contributed by atoms with Crippen LogP contribution in [0.4, 0.5) is 5.69 Å². The van der Waals surface area contributed by atoms with Crippen molar-refractivity contribution in [3.05, 3.63) is 52.3 Å². The normalized spacial score (nSPS) is 10.8. The minimum atomic E-state index is -3.69. The van der Waals surface area contributed by atoms with Crippen LogP contribution in [0.25, 0.3) is 0 Å². The number of anilines is 1. The Bertz CT molecular complexity index is 780. The summed E-state index contributed by atoms with van der Waals surface area (Å²) in [7, 11) is -3.69. The van der Waals surface area contributed by atoms with Gasteiger partial charge in [-0.25, -0.2) is 13.4 Å². The Morgan fingerprint density at radius 1 is 1.30 bits per heavy atom. The number of hydrogen-bond donors (Lipinski definition) is 1. The Hall–Kier alpha value is -1.91. The van der Waals surface area contributed by atoms with Crippen LogP contribution in [0.2, 0.25) is 0 Å². The third-order valence-corrected chi connectivity index (χ3v) is 4.46. The van der Waals surface area contributed by atoms with E-state index >= 15 is 0 Å². The Morgan fingerprint density at radius 3 is 2.60 bits per heavy atom. The fraction of sp³-hybridized carbons (Fsp3) is 0.0769. The summed E-state index contributed by atoms with van der Waals surface area (Å²) in [5, 5.41) is 8.85. The van der Waals surface area contributed by atoms with Gasteiger partial charge in [0.1, 0.15) is 4.60 Å². The third-order valence-electron chi connectivity index (χ3n) is 2.61. The molecule has 2 aromatic rings. The third kappa shape index (κ3) is 3.15. The van der Waals surface area contributed by atoms with Crippen LogP contribution in [0.1, 0.15) is 11.1 Å².